The number of hydrogen-bond donors (Lipinski definition) is 1. The summed E-state index contributed by atoms with van der Waals surface area (Å²) in [6, 6.07) is 1.81. The van der Waals surface area contributed by atoms with Crippen molar-refractivity contribution in [3.05, 3.63) is 17.2 Å². The van der Waals surface area contributed by atoms with E-state index in [2.05, 4.69) is 4.98 Å². The lowest BCUT2D eigenvalue weighted by Gasteiger charge is -2.06. The minimum absolute atomic E-state index is 0.268. The van der Waals surface area contributed by atoms with Crippen molar-refractivity contribution >= 4 is 34.3 Å². The summed E-state index contributed by atoms with van der Waals surface area (Å²) in [5.74, 6) is 1.14. The maximum Gasteiger partial charge on any atom is 0.267 e. The lowest BCUT2D eigenvalue weighted by molar-refractivity contribution is 0.402. The molecule has 2 heterocycles. The van der Waals surface area contributed by atoms with Gasteiger partial charge in [0, 0.05) is 0 Å². The fourth-order valence-corrected chi connectivity index (χ4v) is 2.13. The second-order valence-corrected chi connectivity index (χ2v) is 3.82. The van der Waals surface area contributed by atoms with E-state index in [-0.39, 0.29) is 4.84 Å². The number of aromatic amines is 1. The molecule has 2 aromatic heterocycles. The van der Waals surface area contributed by atoms with Crippen molar-refractivity contribution in [2.24, 2.45) is 0 Å². The van der Waals surface area contributed by atoms with Crippen molar-refractivity contribution in [1.29, 1.82) is 0 Å². The Morgan fingerprint density at radius 2 is 1.94 bits per heavy atom. The van der Waals surface area contributed by atoms with Gasteiger partial charge in [-0.15, -0.1) is 0 Å². The van der Waals surface area contributed by atoms with E-state index in [1.807, 2.05) is 0 Å². The predicted molar refractivity (Wildman–Crippen MR) is 64.3 cm³/mol. The highest BCUT2D eigenvalue weighted by atomic mass is 32.1. The monoisotopic (exact) mass is 251 g/mol. The SMILES string of the molecule is COc1c2ccoc2c(OC)c2oc(=S)[nH]c12. The summed E-state index contributed by atoms with van der Waals surface area (Å²) in [5.41, 5.74) is 1.75. The van der Waals surface area contributed by atoms with Crippen LogP contribution in [0.4, 0.5) is 0 Å². The molecule has 0 aliphatic heterocycles. The van der Waals surface area contributed by atoms with Crippen LogP contribution in [-0.2, 0) is 0 Å². The van der Waals surface area contributed by atoms with Crippen molar-refractivity contribution < 1.29 is 18.3 Å². The topological polar surface area (TPSA) is 60.5 Å². The van der Waals surface area contributed by atoms with Gasteiger partial charge >= 0.3 is 0 Å². The summed E-state index contributed by atoms with van der Waals surface area (Å²) in [7, 11) is 3.13. The first-order valence-electron chi connectivity index (χ1n) is 4.90. The van der Waals surface area contributed by atoms with E-state index in [0.717, 1.165) is 5.39 Å². The highest BCUT2D eigenvalue weighted by Crippen LogP contribution is 2.42. The number of hydrogen-bond acceptors (Lipinski definition) is 5. The van der Waals surface area contributed by atoms with Crippen LogP contribution in [0.15, 0.2) is 21.2 Å². The number of fused-ring (bicyclic) bond motifs is 2. The van der Waals surface area contributed by atoms with E-state index in [1.54, 1.807) is 26.5 Å². The van der Waals surface area contributed by atoms with Gasteiger partial charge in [0.2, 0.25) is 11.3 Å². The molecule has 0 spiro atoms. The van der Waals surface area contributed by atoms with Gasteiger partial charge in [0.1, 0.15) is 5.52 Å². The number of methoxy groups -OCH3 is 2. The van der Waals surface area contributed by atoms with Crippen LogP contribution in [0, 0.1) is 4.84 Å². The molecule has 88 valence electrons. The summed E-state index contributed by atoms with van der Waals surface area (Å²) in [5, 5.41) is 0.809. The van der Waals surface area contributed by atoms with Crippen molar-refractivity contribution in [2.75, 3.05) is 14.2 Å². The molecule has 5 nitrogen and oxygen atoms in total. The number of furan rings is 1. The second-order valence-electron chi connectivity index (χ2n) is 3.45. The number of nitrogens with one attached hydrogen (secondary N) is 1. The van der Waals surface area contributed by atoms with Crippen LogP contribution in [-0.4, -0.2) is 19.2 Å². The minimum atomic E-state index is 0.268. The number of rotatable bonds is 2. The molecule has 3 rings (SSSR count). The largest absolute Gasteiger partial charge is 0.494 e. The molecule has 1 aromatic carbocycles. The zero-order valence-electron chi connectivity index (χ0n) is 9.20. The highest BCUT2D eigenvalue weighted by molar-refractivity contribution is 7.71. The van der Waals surface area contributed by atoms with E-state index < -0.39 is 0 Å². The third-order valence-corrected chi connectivity index (χ3v) is 2.79. The maximum absolute atomic E-state index is 5.40. The van der Waals surface area contributed by atoms with Crippen LogP contribution in [0.25, 0.3) is 22.1 Å². The van der Waals surface area contributed by atoms with E-state index in [4.69, 9.17) is 30.5 Å². The Morgan fingerprint density at radius 1 is 1.18 bits per heavy atom. The molecule has 0 radical (unpaired) electrons. The Kier molecular flexibility index (Phi) is 2.12. The molecule has 0 saturated carbocycles. The van der Waals surface area contributed by atoms with Gasteiger partial charge in [0.05, 0.1) is 25.9 Å². The normalized spacial score (nSPS) is 11.2. The summed E-state index contributed by atoms with van der Waals surface area (Å²) >= 11 is 4.98. The van der Waals surface area contributed by atoms with Gasteiger partial charge in [-0.05, 0) is 18.3 Å². The predicted octanol–water partition coefficient (Wildman–Crippen LogP) is 3.25. The van der Waals surface area contributed by atoms with Gasteiger partial charge in [-0.1, -0.05) is 0 Å². The lowest BCUT2D eigenvalue weighted by atomic mass is 10.2. The third kappa shape index (κ3) is 1.27. The summed E-state index contributed by atoms with van der Waals surface area (Å²) < 4.78 is 21.5. The zero-order valence-corrected chi connectivity index (χ0v) is 10.0. The van der Waals surface area contributed by atoms with Crippen LogP contribution in [0.1, 0.15) is 0 Å². The fourth-order valence-electron chi connectivity index (χ4n) is 1.95. The number of benzene rings is 1. The van der Waals surface area contributed by atoms with Crippen LogP contribution in [0.2, 0.25) is 0 Å². The lowest BCUT2D eigenvalue weighted by Crippen LogP contribution is -1.89. The quantitative estimate of drug-likeness (QED) is 0.708. The highest BCUT2D eigenvalue weighted by Gasteiger charge is 2.20. The first-order chi connectivity index (χ1) is 8.26. The Balaban J connectivity index is 2.63. The zero-order chi connectivity index (χ0) is 12.0. The minimum Gasteiger partial charge on any atom is -0.494 e. The van der Waals surface area contributed by atoms with Crippen molar-refractivity contribution in [3.8, 4) is 11.5 Å². The van der Waals surface area contributed by atoms with E-state index in [9.17, 15) is 0 Å². The number of oxazole rings is 1. The Morgan fingerprint density at radius 3 is 2.65 bits per heavy atom. The average Bonchev–Trinajstić information content (AvgIpc) is 2.91. The Labute approximate surface area is 101 Å². The van der Waals surface area contributed by atoms with Crippen LogP contribution in [0.5, 0.6) is 11.5 Å². The summed E-state index contributed by atoms with van der Waals surface area (Å²) in [6.45, 7) is 0. The molecule has 0 amide bonds. The molecule has 0 aliphatic carbocycles. The summed E-state index contributed by atoms with van der Waals surface area (Å²) in [4.78, 5) is 3.20. The standard InChI is InChI=1S/C11H9NO4S/c1-13-7-5-3-4-15-8(5)10(14-2)9-6(7)12-11(17)16-9/h3-4H,1-2H3,(H,12,17). The molecule has 6 heteroatoms. The molecule has 0 fully saturated rings. The van der Waals surface area contributed by atoms with Crippen molar-refractivity contribution in [1.82, 2.24) is 4.98 Å². The molecule has 0 unspecified atom stereocenters. The summed E-state index contributed by atoms with van der Waals surface area (Å²) in [6.07, 6.45) is 1.57. The first kappa shape index (κ1) is 10.2. The van der Waals surface area contributed by atoms with Gasteiger partial charge in [-0.3, -0.25) is 0 Å². The van der Waals surface area contributed by atoms with Crippen molar-refractivity contribution in [2.45, 2.75) is 0 Å². The smallest absolute Gasteiger partial charge is 0.267 e. The van der Waals surface area contributed by atoms with Crippen molar-refractivity contribution in [3.63, 3.8) is 0 Å². The second kappa shape index (κ2) is 3.53. The van der Waals surface area contributed by atoms with Gasteiger partial charge in [0.15, 0.2) is 11.3 Å². The van der Waals surface area contributed by atoms with Crippen LogP contribution in [0.3, 0.4) is 0 Å². The van der Waals surface area contributed by atoms with E-state index in [1.165, 1.54) is 0 Å². The molecule has 0 atom stereocenters. The molecular formula is C11H9NO4S. The van der Waals surface area contributed by atoms with Gasteiger partial charge in [-0.2, -0.15) is 0 Å². The number of aromatic nitrogens is 1. The van der Waals surface area contributed by atoms with E-state index >= 15 is 0 Å². The molecule has 0 aliphatic rings. The molecule has 3 aromatic rings. The van der Waals surface area contributed by atoms with E-state index in [0.29, 0.717) is 28.2 Å². The van der Waals surface area contributed by atoms with Crippen LogP contribution < -0.4 is 9.47 Å². The molecular weight excluding hydrogens is 242 g/mol. The Hall–Kier alpha value is -1.95. The number of ether oxygens (including phenoxy) is 2. The molecule has 0 bridgehead atoms. The Bertz CT molecular complexity index is 693. The van der Waals surface area contributed by atoms with Crippen LogP contribution >= 0.6 is 12.2 Å². The van der Waals surface area contributed by atoms with Gasteiger partial charge in [-0.25, -0.2) is 0 Å². The first-order valence-corrected chi connectivity index (χ1v) is 5.31. The fraction of sp³-hybridized carbons (Fsp3) is 0.182. The van der Waals surface area contributed by atoms with Gasteiger partial charge < -0.3 is 23.3 Å². The molecule has 1 N–H and O–H groups in total. The average molecular weight is 251 g/mol. The maximum atomic E-state index is 5.40. The molecule has 17 heavy (non-hydrogen) atoms. The third-order valence-electron chi connectivity index (χ3n) is 2.61. The number of H-pyrrole nitrogens is 1. The van der Waals surface area contributed by atoms with Gasteiger partial charge in [0.25, 0.3) is 4.84 Å². The molecule has 0 saturated heterocycles.